The van der Waals surface area contributed by atoms with Crippen LogP contribution < -0.4 is 14.8 Å². The lowest BCUT2D eigenvalue weighted by atomic mass is 10.1. The van der Waals surface area contributed by atoms with Gasteiger partial charge in [0, 0.05) is 36.3 Å². The monoisotopic (exact) mass is 456 g/mol. The van der Waals surface area contributed by atoms with Gasteiger partial charge in [0.2, 0.25) is 0 Å². The molecule has 2 N–H and O–H groups in total. The minimum atomic E-state index is -0.495. The first-order chi connectivity index (χ1) is 15.0. The number of nitrogens with zero attached hydrogens (tertiary/aromatic N) is 3. The Morgan fingerprint density at radius 1 is 1.06 bits per heavy atom. The Balaban J connectivity index is 0.00000289. The largest absolute Gasteiger partial charge is 0.508 e. The number of rotatable bonds is 7. The number of anilines is 2. The highest BCUT2D eigenvalue weighted by molar-refractivity contribution is 5.93. The number of aromatic hydroxyl groups is 1. The lowest BCUT2D eigenvalue weighted by Gasteiger charge is -2.14. The predicted octanol–water partition coefficient (Wildman–Crippen LogP) is 4.97. The zero-order chi connectivity index (χ0) is 21.8. The number of ether oxygens (including phenoxy) is 2. The van der Waals surface area contributed by atoms with Crippen molar-refractivity contribution in [3.05, 3.63) is 72.1 Å². The van der Waals surface area contributed by atoms with Gasteiger partial charge in [-0.2, -0.15) is 0 Å². The Morgan fingerprint density at radius 3 is 2.59 bits per heavy atom. The van der Waals surface area contributed by atoms with E-state index in [1.807, 2.05) is 12.1 Å². The van der Waals surface area contributed by atoms with Crippen LogP contribution in [0.2, 0.25) is 0 Å². The molecule has 7 nitrogen and oxygen atoms in total. The van der Waals surface area contributed by atoms with Crippen molar-refractivity contribution in [3.63, 3.8) is 0 Å². The second-order valence-corrected chi connectivity index (χ2v) is 6.94. The number of aryl methyl sites for hydroxylation is 1. The van der Waals surface area contributed by atoms with Gasteiger partial charge in [0.05, 0.1) is 24.9 Å². The van der Waals surface area contributed by atoms with Gasteiger partial charge in [0.15, 0.2) is 11.5 Å². The summed E-state index contributed by atoms with van der Waals surface area (Å²) in [7, 11) is 1.55. The molecule has 0 aliphatic rings. The maximum atomic E-state index is 14.3. The van der Waals surface area contributed by atoms with Gasteiger partial charge >= 0.3 is 0 Å². The minimum absolute atomic E-state index is 0. The summed E-state index contributed by atoms with van der Waals surface area (Å²) in [5.41, 5.74) is 2.28. The van der Waals surface area contributed by atoms with Crippen molar-refractivity contribution in [2.24, 2.45) is 0 Å². The van der Waals surface area contributed by atoms with Crippen LogP contribution in [-0.4, -0.2) is 33.8 Å². The van der Waals surface area contributed by atoms with Gasteiger partial charge in [0.1, 0.15) is 23.7 Å². The summed E-state index contributed by atoms with van der Waals surface area (Å²) in [5.74, 6) is 0.934. The van der Waals surface area contributed by atoms with Crippen molar-refractivity contribution in [3.8, 4) is 17.2 Å². The lowest BCUT2D eigenvalue weighted by molar-refractivity contribution is 0.298. The number of hydrogen-bond donors (Lipinski definition) is 2. The maximum absolute atomic E-state index is 14.3. The van der Waals surface area contributed by atoms with Crippen LogP contribution in [-0.2, 0) is 6.42 Å². The molecule has 9 heteroatoms. The molecule has 0 radical (unpaired) electrons. The van der Waals surface area contributed by atoms with Crippen LogP contribution in [0.15, 0.2) is 55.1 Å². The first-order valence-electron chi connectivity index (χ1n) is 9.65. The van der Waals surface area contributed by atoms with Gasteiger partial charge in [-0.05, 0) is 42.3 Å². The van der Waals surface area contributed by atoms with Crippen LogP contribution in [0.1, 0.15) is 11.1 Å². The number of phenols is 1. The Bertz CT molecular complexity index is 1220. The average molecular weight is 457 g/mol. The fraction of sp³-hybridized carbons (Fsp3) is 0.174. The SMILES string of the molecule is COc1cc2c(Nc3cc(O)c(C)cc3F)ncnc2cc1OCCc1ccncc1.Cl. The summed E-state index contributed by atoms with van der Waals surface area (Å²) in [4.78, 5) is 12.5. The van der Waals surface area contributed by atoms with E-state index in [2.05, 4.69) is 20.3 Å². The molecule has 0 atom stereocenters. The lowest BCUT2D eigenvalue weighted by Crippen LogP contribution is -2.04. The molecule has 0 amide bonds. The van der Waals surface area contributed by atoms with Crippen molar-refractivity contribution >= 4 is 34.8 Å². The molecule has 0 bridgehead atoms. The zero-order valence-corrected chi connectivity index (χ0v) is 18.3. The van der Waals surface area contributed by atoms with E-state index >= 15 is 0 Å². The quantitative estimate of drug-likeness (QED) is 0.405. The molecule has 32 heavy (non-hydrogen) atoms. The fourth-order valence-corrected chi connectivity index (χ4v) is 3.15. The van der Waals surface area contributed by atoms with Crippen molar-refractivity contribution in [1.29, 1.82) is 0 Å². The molecule has 0 aliphatic carbocycles. The summed E-state index contributed by atoms with van der Waals surface area (Å²) in [6.07, 6.45) is 5.59. The van der Waals surface area contributed by atoms with Gasteiger partial charge in [-0.1, -0.05) is 0 Å². The number of nitrogens with one attached hydrogen (secondary N) is 1. The molecule has 0 fully saturated rings. The third-order valence-corrected chi connectivity index (χ3v) is 4.86. The van der Waals surface area contributed by atoms with Gasteiger partial charge in [-0.25, -0.2) is 14.4 Å². The van der Waals surface area contributed by atoms with Crippen LogP contribution in [0.25, 0.3) is 10.9 Å². The highest BCUT2D eigenvalue weighted by Gasteiger charge is 2.14. The summed E-state index contributed by atoms with van der Waals surface area (Å²) in [5, 5.41) is 13.5. The highest BCUT2D eigenvalue weighted by atomic mass is 35.5. The van der Waals surface area contributed by atoms with E-state index in [9.17, 15) is 9.50 Å². The summed E-state index contributed by atoms with van der Waals surface area (Å²) in [6.45, 7) is 2.08. The molecule has 0 saturated heterocycles. The van der Waals surface area contributed by atoms with Crippen molar-refractivity contribution in [2.45, 2.75) is 13.3 Å². The van der Waals surface area contributed by atoms with Crippen LogP contribution >= 0.6 is 12.4 Å². The average Bonchev–Trinajstić information content (AvgIpc) is 2.78. The Kier molecular flexibility index (Phi) is 7.27. The number of methoxy groups -OCH3 is 1. The van der Waals surface area contributed by atoms with E-state index in [-0.39, 0.29) is 23.8 Å². The first kappa shape index (κ1) is 23.0. The molecular weight excluding hydrogens is 435 g/mol. The van der Waals surface area contributed by atoms with E-state index in [1.54, 1.807) is 38.6 Å². The van der Waals surface area contributed by atoms with Crippen LogP contribution in [0.3, 0.4) is 0 Å². The van der Waals surface area contributed by atoms with E-state index in [1.165, 1.54) is 18.5 Å². The van der Waals surface area contributed by atoms with Gasteiger partial charge in [-0.3, -0.25) is 4.98 Å². The third-order valence-electron chi connectivity index (χ3n) is 4.86. The smallest absolute Gasteiger partial charge is 0.163 e. The van der Waals surface area contributed by atoms with Crippen molar-refractivity contribution in [1.82, 2.24) is 15.0 Å². The first-order valence-corrected chi connectivity index (χ1v) is 9.65. The van der Waals surface area contributed by atoms with Crippen molar-refractivity contribution in [2.75, 3.05) is 19.0 Å². The molecule has 0 unspecified atom stereocenters. The van der Waals surface area contributed by atoms with Gasteiger partial charge in [-0.15, -0.1) is 12.4 Å². The number of hydrogen-bond acceptors (Lipinski definition) is 7. The Labute approximate surface area is 190 Å². The molecule has 0 aliphatic heterocycles. The van der Waals surface area contributed by atoms with Crippen LogP contribution in [0.5, 0.6) is 17.2 Å². The molecule has 2 aromatic heterocycles. The van der Waals surface area contributed by atoms with E-state index in [0.717, 1.165) is 12.0 Å². The summed E-state index contributed by atoms with van der Waals surface area (Å²) >= 11 is 0. The second kappa shape index (κ2) is 10.1. The van der Waals surface area contributed by atoms with Gasteiger partial charge in [0.25, 0.3) is 0 Å². The molecule has 4 aromatic rings. The molecule has 0 saturated carbocycles. The zero-order valence-electron chi connectivity index (χ0n) is 17.5. The molecule has 0 spiro atoms. The molecule has 166 valence electrons. The maximum Gasteiger partial charge on any atom is 0.163 e. The second-order valence-electron chi connectivity index (χ2n) is 6.94. The van der Waals surface area contributed by atoms with E-state index in [0.29, 0.717) is 40.4 Å². The molecule has 4 rings (SSSR count). The predicted molar refractivity (Wildman–Crippen MR) is 123 cm³/mol. The third kappa shape index (κ3) is 4.97. The number of aromatic nitrogens is 3. The van der Waals surface area contributed by atoms with E-state index < -0.39 is 5.82 Å². The molecular formula is C23H22ClFN4O3. The number of benzene rings is 2. The van der Waals surface area contributed by atoms with E-state index in [4.69, 9.17) is 9.47 Å². The van der Waals surface area contributed by atoms with Crippen molar-refractivity contribution < 1.29 is 19.0 Å². The fourth-order valence-electron chi connectivity index (χ4n) is 3.15. The Morgan fingerprint density at radius 2 is 1.84 bits per heavy atom. The minimum Gasteiger partial charge on any atom is -0.508 e. The highest BCUT2D eigenvalue weighted by Crippen LogP contribution is 2.35. The van der Waals surface area contributed by atoms with Gasteiger partial charge < -0.3 is 19.9 Å². The normalized spacial score (nSPS) is 10.5. The molecule has 2 heterocycles. The topological polar surface area (TPSA) is 89.4 Å². The molecule has 2 aromatic carbocycles. The number of pyridine rings is 1. The number of phenolic OH excluding ortho intramolecular Hbond substituents is 1. The Hall–Kier alpha value is -3.65. The number of halogens is 2. The summed E-state index contributed by atoms with van der Waals surface area (Å²) < 4.78 is 25.8. The number of fused-ring (bicyclic) bond motifs is 1. The standard InChI is InChI=1S/C23H21FN4O3.ClH/c1-14-9-17(24)19(11-20(14)29)28-23-16-10-21(30-2)22(12-18(16)26-13-27-23)31-8-5-15-3-6-25-7-4-15;/h3-4,6-7,9-13,29H,5,8H2,1-2H3,(H,26,27,28);1H. The van der Waals surface area contributed by atoms with Crippen LogP contribution in [0.4, 0.5) is 15.9 Å². The summed E-state index contributed by atoms with van der Waals surface area (Å²) in [6, 6.07) is 9.97. The van der Waals surface area contributed by atoms with Crippen LogP contribution in [0, 0.1) is 12.7 Å².